The summed E-state index contributed by atoms with van der Waals surface area (Å²) in [4.78, 5) is 6.88. The van der Waals surface area contributed by atoms with Gasteiger partial charge in [0.2, 0.25) is 0 Å². The number of piperidine rings is 1. The number of rotatable bonds is 7. The normalized spacial score (nSPS) is 26.3. The fourth-order valence-electron chi connectivity index (χ4n) is 5.47. The monoisotopic (exact) mass is 432 g/mol. The lowest BCUT2D eigenvalue weighted by atomic mass is 9.51. The van der Waals surface area contributed by atoms with Crippen molar-refractivity contribution >= 4 is 5.96 Å². The third kappa shape index (κ3) is 4.67. The fraction of sp³-hybridized carbons (Fsp3) is 0.708. The Bertz CT molecular complexity index is 775. The van der Waals surface area contributed by atoms with E-state index in [0.717, 1.165) is 57.0 Å². The summed E-state index contributed by atoms with van der Waals surface area (Å²) in [5, 5.41) is 7.33. The highest BCUT2D eigenvalue weighted by Gasteiger charge is 2.59. The highest BCUT2D eigenvalue weighted by atomic mass is 19.1. The third-order valence-electron chi connectivity index (χ3n) is 7.52. The van der Waals surface area contributed by atoms with Gasteiger partial charge in [0, 0.05) is 50.8 Å². The first kappa shape index (κ1) is 22.3. The summed E-state index contributed by atoms with van der Waals surface area (Å²) in [7, 11) is 3.35. The molecule has 2 saturated carbocycles. The summed E-state index contributed by atoms with van der Waals surface area (Å²) >= 11 is 0. The van der Waals surface area contributed by atoms with Crippen LogP contribution in [-0.2, 0) is 11.3 Å². The number of hydrogen-bond donors (Lipinski definition) is 2. The smallest absolute Gasteiger partial charge is 0.191 e. The molecule has 2 N–H and O–H groups in total. The van der Waals surface area contributed by atoms with Gasteiger partial charge >= 0.3 is 0 Å². The number of nitrogens with zero attached hydrogens (tertiary/aromatic N) is 2. The first-order valence-electron chi connectivity index (χ1n) is 11.7. The minimum Gasteiger partial charge on any atom is -0.494 e. The lowest BCUT2D eigenvalue weighted by Gasteiger charge is -2.61. The van der Waals surface area contributed by atoms with E-state index in [1.807, 2.05) is 13.1 Å². The SMILES string of the molecule is CCOC1CC(NC(=NC)NC2CCN(Cc3ccc(OC)c(F)c3)CC2)C12CCC2. The van der Waals surface area contributed by atoms with Crippen LogP contribution in [0.5, 0.6) is 5.75 Å². The predicted molar refractivity (Wildman–Crippen MR) is 121 cm³/mol. The van der Waals surface area contributed by atoms with Crippen LogP contribution in [0.4, 0.5) is 4.39 Å². The molecule has 1 heterocycles. The van der Waals surface area contributed by atoms with E-state index in [1.54, 1.807) is 12.1 Å². The van der Waals surface area contributed by atoms with Crippen LogP contribution in [0.2, 0.25) is 0 Å². The molecule has 0 aromatic heterocycles. The predicted octanol–water partition coefficient (Wildman–Crippen LogP) is 3.31. The lowest BCUT2D eigenvalue weighted by molar-refractivity contribution is -0.168. The Balaban J connectivity index is 1.23. The molecule has 0 radical (unpaired) electrons. The van der Waals surface area contributed by atoms with Gasteiger partial charge in [-0.2, -0.15) is 0 Å². The number of halogens is 1. The Hall–Kier alpha value is -1.86. The van der Waals surface area contributed by atoms with Gasteiger partial charge in [0.25, 0.3) is 0 Å². The molecule has 0 amide bonds. The first-order chi connectivity index (χ1) is 15.1. The largest absolute Gasteiger partial charge is 0.494 e. The Morgan fingerprint density at radius 3 is 2.61 bits per heavy atom. The number of ether oxygens (including phenoxy) is 2. The summed E-state index contributed by atoms with van der Waals surface area (Å²) in [5.74, 6) is 0.924. The van der Waals surface area contributed by atoms with Gasteiger partial charge in [0.05, 0.1) is 13.2 Å². The van der Waals surface area contributed by atoms with E-state index in [-0.39, 0.29) is 5.82 Å². The number of hydrogen-bond acceptors (Lipinski definition) is 4. The summed E-state index contributed by atoms with van der Waals surface area (Å²) in [6, 6.07) is 6.12. The average Bonchev–Trinajstić information content (AvgIpc) is 2.72. The van der Waals surface area contributed by atoms with Crippen molar-refractivity contribution in [3.63, 3.8) is 0 Å². The maximum Gasteiger partial charge on any atom is 0.191 e. The molecule has 1 spiro atoms. The van der Waals surface area contributed by atoms with E-state index in [1.165, 1.54) is 26.4 Å². The Morgan fingerprint density at radius 1 is 1.26 bits per heavy atom. The summed E-state index contributed by atoms with van der Waals surface area (Å²) in [6.07, 6.45) is 7.42. The van der Waals surface area contributed by atoms with Gasteiger partial charge in [0.1, 0.15) is 0 Å². The Morgan fingerprint density at radius 2 is 2.03 bits per heavy atom. The van der Waals surface area contributed by atoms with Gasteiger partial charge in [-0.3, -0.25) is 9.89 Å². The molecule has 6 nitrogen and oxygen atoms in total. The zero-order chi connectivity index (χ0) is 21.8. The van der Waals surface area contributed by atoms with Crippen molar-refractivity contribution in [2.45, 2.75) is 70.2 Å². The molecular weight excluding hydrogens is 395 g/mol. The van der Waals surface area contributed by atoms with Crippen LogP contribution in [0, 0.1) is 11.2 Å². The molecule has 1 aromatic rings. The van der Waals surface area contributed by atoms with Crippen LogP contribution in [0.25, 0.3) is 0 Å². The lowest BCUT2D eigenvalue weighted by Crippen LogP contribution is -2.69. The molecule has 0 bridgehead atoms. The second-order valence-corrected chi connectivity index (χ2v) is 9.20. The van der Waals surface area contributed by atoms with Crippen LogP contribution in [0.15, 0.2) is 23.2 Å². The van der Waals surface area contributed by atoms with Crippen molar-refractivity contribution in [3.05, 3.63) is 29.6 Å². The zero-order valence-corrected chi connectivity index (χ0v) is 19.1. The van der Waals surface area contributed by atoms with E-state index < -0.39 is 0 Å². The van der Waals surface area contributed by atoms with Crippen molar-refractivity contribution in [2.75, 3.05) is 33.9 Å². The van der Waals surface area contributed by atoms with Crippen LogP contribution < -0.4 is 15.4 Å². The first-order valence-corrected chi connectivity index (χ1v) is 11.7. The zero-order valence-electron chi connectivity index (χ0n) is 19.1. The number of aliphatic imine (C=N–C) groups is 1. The van der Waals surface area contributed by atoms with Crippen LogP contribution >= 0.6 is 0 Å². The van der Waals surface area contributed by atoms with Crippen molar-refractivity contribution in [3.8, 4) is 5.75 Å². The molecule has 1 aromatic carbocycles. The van der Waals surface area contributed by atoms with Gasteiger partial charge in [0.15, 0.2) is 17.5 Å². The van der Waals surface area contributed by atoms with E-state index in [2.05, 4.69) is 27.4 Å². The van der Waals surface area contributed by atoms with Crippen LogP contribution in [-0.4, -0.2) is 62.9 Å². The average molecular weight is 433 g/mol. The number of benzene rings is 1. The van der Waals surface area contributed by atoms with Gasteiger partial charge < -0.3 is 20.1 Å². The molecule has 7 heteroatoms. The molecule has 2 unspecified atom stereocenters. The van der Waals surface area contributed by atoms with E-state index in [0.29, 0.717) is 29.4 Å². The maximum absolute atomic E-state index is 14.0. The maximum atomic E-state index is 14.0. The third-order valence-corrected chi connectivity index (χ3v) is 7.52. The minimum atomic E-state index is -0.293. The molecule has 1 aliphatic heterocycles. The standard InChI is InChI=1S/C24H37FN4O2/c1-4-31-22-15-21(24(22)10-5-11-24)28-23(26-2)27-18-8-12-29(13-9-18)16-17-6-7-20(30-3)19(25)14-17/h6-7,14,18,21-22H,4-5,8-13,15-16H2,1-3H3,(H2,26,27,28). The van der Waals surface area contributed by atoms with E-state index >= 15 is 0 Å². The molecule has 1 saturated heterocycles. The number of nitrogens with one attached hydrogen (secondary N) is 2. The van der Waals surface area contributed by atoms with E-state index in [4.69, 9.17) is 9.47 Å². The quantitative estimate of drug-likeness (QED) is 0.511. The minimum absolute atomic E-state index is 0.293. The molecule has 3 aliphatic rings. The van der Waals surface area contributed by atoms with Gasteiger partial charge in [-0.05, 0) is 56.7 Å². The highest BCUT2D eigenvalue weighted by Crippen LogP contribution is 2.57. The van der Waals surface area contributed by atoms with Crippen molar-refractivity contribution < 1.29 is 13.9 Å². The fourth-order valence-corrected chi connectivity index (χ4v) is 5.47. The highest BCUT2D eigenvalue weighted by molar-refractivity contribution is 5.80. The molecule has 2 aliphatic carbocycles. The Labute approximate surface area is 185 Å². The topological polar surface area (TPSA) is 58.1 Å². The second-order valence-electron chi connectivity index (χ2n) is 9.20. The second kappa shape index (κ2) is 9.74. The van der Waals surface area contributed by atoms with Gasteiger partial charge in [-0.25, -0.2) is 4.39 Å². The Kier molecular flexibility index (Phi) is 7.02. The summed E-state index contributed by atoms with van der Waals surface area (Å²) < 4.78 is 24.9. The molecule has 2 atom stereocenters. The molecule has 3 fully saturated rings. The molecule has 4 rings (SSSR count). The summed E-state index contributed by atoms with van der Waals surface area (Å²) in [6.45, 7) is 5.63. The van der Waals surface area contributed by atoms with E-state index in [9.17, 15) is 4.39 Å². The molecule has 31 heavy (non-hydrogen) atoms. The van der Waals surface area contributed by atoms with Crippen molar-refractivity contribution in [1.82, 2.24) is 15.5 Å². The van der Waals surface area contributed by atoms with Crippen molar-refractivity contribution in [1.29, 1.82) is 0 Å². The van der Waals surface area contributed by atoms with Crippen LogP contribution in [0.1, 0.15) is 51.0 Å². The van der Waals surface area contributed by atoms with Gasteiger partial charge in [-0.1, -0.05) is 12.5 Å². The van der Waals surface area contributed by atoms with Gasteiger partial charge in [-0.15, -0.1) is 0 Å². The number of methoxy groups -OCH3 is 1. The molecular formula is C24H37FN4O2. The molecule has 172 valence electrons. The van der Waals surface area contributed by atoms with Crippen LogP contribution in [0.3, 0.4) is 0 Å². The summed E-state index contributed by atoms with van der Waals surface area (Å²) in [5.41, 5.74) is 1.31. The number of guanidine groups is 1. The van der Waals surface area contributed by atoms with Crippen molar-refractivity contribution in [2.24, 2.45) is 10.4 Å². The number of likely N-dealkylation sites (tertiary alicyclic amines) is 1.